The number of furan rings is 1. The standard InChI is InChI=1S/C22H26N4O2/c1-17(18-6-3-2-4-7-18)26-21(9-12-23-26)24-22(27)19-10-13-25(14-11-19)16-20-8-5-15-28-20/h2-9,12,15,17,19H,10-11,13-14,16H2,1H3,(H,24,27). The number of hydrogen-bond acceptors (Lipinski definition) is 4. The predicted octanol–water partition coefficient (Wildman–Crippen LogP) is 3.94. The van der Waals surface area contributed by atoms with Crippen molar-refractivity contribution in [1.29, 1.82) is 0 Å². The maximum Gasteiger partial charge on any atom is 0.228 e. The molecule has 1 atom stereocenters. The summed E-state index contributed by atoms with van der Waals surface area (Å²) in [6.07, 6.45) is 5.15. The van der Waals surface area contributed by atoms with Crippen LogP contribution >= 0.6 is 0 Å². The molecule has 1 amide bonds. The zero-order valence-corrected chi connectivity index (χ0v) is 16.1. The summed E-state index contributed by atoms with van der Waals surface area (Å²) in [4.78, 5) is 15.1. The molecule has 0 aliphatic carbocycles. The highest BCUT2D eigenvalue weighted by Gasteiger charge is 2.26. The van der Waals surface area contributed by atoms with E-state index in [-0.39, 0.29) is 17.9 Å². The molecule has 4 rings (SSSR count). The third-order valence-electron chi connectivity index (χ3n) is 5.49. The number of nitrogens with one attached hydrogen (secondary N) is 1. The molecule has 1 aromatic carbocycles. The molecule has 0 saturated carbocycles. The van der Waals surface area contributed by atoms with Crippen LogP contribution in [0.3, 0.4) is 0 Å². The summed E-state index contributed by atoms with van der Waals surface area (Å²) in [5.74, 6) is 1.84. The molecule has 1 fully saturated rings. The van der Waals surface area contributed by atoms with E-state index in [1.165, 1.54) is 0 Å². The fourth-order valence-electron chi connectivity index (χ4n) is 3.80. The van der Waals surface area contributed by atoms with Crippen molar-refractivity contribution in [2.75, 3.05) is 18.4 Å². The minimum atomic E-state index is 0.0308. The molecule has 28 heavy (non-hydrogen) atoms. The van der Waals surface area contributed by atoms with Gasteiger partial charge in [-0.25, -0.2) is 4.68 Å². The fraction of sp³-hybridized carbons (Fsp3) is 0.364. The number of nitrogens with zero attached hydrogens (tertiary/aromatic N) is 3. The second kappa shape index (κ2) is 8.44. The molecule has 0 spiro atoms. The molecule has 1 unspecified atom stereocenters. The number of amides is 1. The molecule has 1 aliphatic rings. The third-order valence-corrected chi connectivity index (χ3v) is 5.49. The topological polar surface area (TPSA) is 63.3 Å². The van der Waals surface area contributed by atoms with Gasteiger partial charge < -0.3 is 9.73 Å². The first-order valence-corrected chi connectivity index (χ1v) is 9.85. The van der Waals surface area contributed by atoms with Gasteiger partial charge in [-0.3, -0.25) is 9.69 Å². The number of benzene rings is 1. The van der Waals surface area contributed by atoms with Crippen molar-refractivity contribution in [3.63, 3.8) is 0 Å². The molecule has 6 heteroatoms. The lowest BCUT2D eigenvalue weighted by atomic mass is 9.96. The number of anilines is 1. The fourth-order valence-corrected chi connectivity index (χ4v) is 3.80. The minimum Gasteiger partial charge on any atom is -0.468 e. The van der Waals surface area contributed by atoms with Gasteiger partial charge in [-0.2, -0.15) is 5.10 Å². The van der Waals surface area contributed by atoms with E-state index in [4.69, 9.17) is 4.42 Å². The van der Waals surface area contributed by atoms with Gasteiger partial charge in [0.2, 0.25) is 5.91 Å². The molecule has 1 N–H and O–H groups in total. The minimum absolute atomic E-state index is 0.0308. The van der Waals surface area contributed by atoms with Crippen LogP contribution in [0.1, 0.15) is 37.1 Å². The lowest BCUT2D eigenvalue weighted by Crippen LogP contribution is -2.38. The Bertz CT molecular complexity index is 880. The highest BCUT2D eigenvalue weighted by atomic mass is 16.3. The summed E-state index contributed by atoms with van der Waals surface area (Å²) >= 11 is 0. The maximum atomic E-state index is 12.8. The van der Waals surface area contributed by atoms with E-state index in [2.05, 4.69) is 34.4 Å². The summed E-state index contributed by atoms with van der Waals surface area (Å²) in [6.45, 7) is 4.70. The van der Waals surface area contributed by atoms with Crippen molar-refractivity contribution in [2.45, 2.75) is 32.4 Å². The summed E-state index contributed by atoms with van der Waals surface area (Å²) in [5.41, 5.74) is 1.16. The second-order valence-corrected chi connectivity index (χ2v) is 7.37. The SMILES string of the molecule is CC(c1ccccc1)n1nccc1NC(=O)C1CCN(Cc2ccco2)CC1. The summed E-state index contributed by atoms with van der Waals surface area (Å²) in [6, 6.07) is 16.0. The Morgan fingerprint density at radius 2 is 1.96 bits per heavy atom. The van der Waals surface area contributed by atoms with Gasteiger partial charge in [-0.15, -0.1) is 0 Å². The second-order valence-electron chi connectivity index (χ2n) is 7.37. The first kappa shape index (κ1) is 18.5. The average Bonchev–Trinajstić information content (AvgIpc) is 3.41. The number of piperidine rings is 1. The smallest absolute Gasteiger partial charge is 0.228 e. The first-order chi connectivity index (χ1) is 13.7. The van der Waals surface area contributed by atoms with Gasteiger partial charge in [0, 0.05) is 12.0 Å². The van der Waals surface area contributed by atoms with Crippen LogP contribution in [0.5, 0.6) is 0 Å². The molecule has 1 aliphatic heterocycles. The van der Waals surface area contributed by atoms with E-state index in [0.29, 0.717) is 0 Å². The van der Waals surface area contributed by atoms with Crippen LogP contribution in [0.4, 0.5) is 5.82 Å². The van der Waals surface area contributed by atoms with Crippen LogP contribution in [0.2, 0.25) is 0 Å². The van der Waals surface area contributed by atoms with Gasteiger partial charge in [0.25, 0.3) is 0 Å². The van der Waals surface area contributed by atoms with E-state index in [9.17, 15) is 4.79 Å². The van der Waals surface area contributed by atoms with E-state index >= 15 is 0 Å². The lowest BCUT2D eigenvalue weighted by molar-refractivity contribution is -0.121. The largest absolute Gasteiger partial charge is 0.468 e. The number of aromatic nitrogens is 2. The van der Waals surface area contributed by atoms with Gasteiger partial charge in [0.1, 0.15) is 11.6 Å². The van der Waals surface area contributed by atoms with E-state index in [0.717, 1.165) is 49.6 Å². The van der Waals surface area contributed by atoms with Crippen molar-refractivity contribution in [1.82, 2.24) is 14.7 Å². The van der Waals surface area contributed by atoms with Crippen LogP contribution in [0.25, 0.3) is 0 Å². The Labute approximate surface area is 165 Å². The Hall–Kier alpha value is -2.86. The van der Waals surface area contributed by atoms with Gasteiger partial charge in [-0.05, 0) is 50.6 Å². The van der Waals surface area contributed by atoms with Gasteiger partial charge >= 0.3 is 0 Å². The molecule has 6 nitrogen and oxygen atoms in total. The quantitative estimate of drug-likeness (QED) is 0.706. The van der Waals surface area contributed by atoms with Crippen LogP contribution in [0.15, 0.2) is 65.4 Å². The Morgan fingerprint density at radius 1 is 1.18 bits per heavy atom. The Balaban J connectivity index is 1.34. The number of carbonyl (C=O) groups is 1. The number of carbonyl (C=O) groups excluding carboxylic acids is 1. The van der Waals surface area contributed by atoms with E-state index < -0.39 is 0 Å². The molecule has 0 bridgehead atoms. The normalized spacial score (nSPS) is 16.8. The van der Waals surface area contributed by atoms with Gasteiger partial charge in [-0.1, -0.05) is 30.3 Å². The summed E-state index contributed by atoms with van der Waals surface area (Å²) < 4.78 is 7.30. The molecule has 3 heterocycles. The molecular weight excluding hydrogens is 352 g/mol. The van der Waals surface area contributed by atoms with Crippen molar-refractivity contribution in [3.05, 3.63) is 72.3 Å². The van der Waals surface area contributed by atoms with Crippen molar-refractivity contribution >= 4 is 11.7 Å². The van der Waals surface area contributed by atoms with Crippen molar-refractivity contribution in [2.24, 2.45) is 5.92 Å². The van der Waals surface area contributed by atoms with E-state index in [1.807, 2.05) is 41.1 Å². The molecule has 0 radical (unpaired) electrons. The highest BCUT2D eigenvalue weighted by molar-refractivity contribution is 5.91. The molecule has 3 aromatic rings. The number of hydrogen-bond donors (Lipinski definition) is 1. The van der Waals surface area contributed by atoms with Gasteiger partial charge in [0.05, 0.1) is 25.0 Å². The first-order valence-electron chi connectivity index (χ1n) is 9.85. The maximum absolute atomic E-state index is 12.8. The van der Waals surface area contributed by atoms with Crippen molar-refractivity contribution in [3.8, 4) is 0 Å². The summed E-state index contributed by atoms with van der Waals surface area (Å²) in [5, 5.41) is 7.52. The van der Waals surface area contributed by atoms with Crippen LogP contribution in [-0.4, -0.2) is 33.7 Å². The van der Waals surface area contributed by atoms with Crippen LogP contribution < -0.4 is 5.32 Å². The highest BCUT2D eigenvalue weighted by Crippen LogP contribution is 2.24. The number of likely N-dealkylation sites (tertiary alicyclic amines) is 1. The summed E-state index contributed by atoms with van der Waals surface area (Å²) in [7, 11) is 0. The average molecular weight is 378 g/mol. The molecule has 2 aromatic heterocycles. The Morgan fingerprint density at radius 3 is 2.68 bits per heavy atom. The third kappa shape index (κ3) is 4.17. The number of rotatable bonds is 6. The Kier molecular flexibility index (Phi) is 5.58. The van der Waals surface area contributed by atoms with Crippen LogP contribution in [0, 0.1) is 5.92 Å². The predicted molar refractivity (Wildman–Crippen MR) is 108 cm³/mol. The van der Waals surface area contributed by atoms with Gasteiger partial charge in [0.15, 0.2) is 0 Å². The van der Waals surface area contributed by atoms with E-state index in [1.54, 1.807) is 12.5 Å². The molecule has 1 saturated heterocycles. The lowest BCUT2D eigenvalue weighted by Gasteiger charge is -2.30. The van der Waals surface area contributed by atoms with Crippen molar-refractivity contribution < 1.29 is 9.21 Å². The zero-order chi connectivity index (χ0) is 19.3. The molecule has 146 valence electrons. The molecular formula is C22H26N4O2. The monoisotopic (exact) mass is 378 g/mol. The zero-order valence-electron chi connectivity index (χ0n) is 16.1. The van der Waals surface area contributed by atoms with Crippen LogP contribution in [-0.2, 0) is 11.3 Å².